The van der Waals surface area contributed by atoms with Gasteiger partial charge in [0.1, 0.15) is 11.0 Å². The zero-order valence-electron chi connectivity index (χ0n) is 8.93. The summed E-state index contributed by atoms with van der Waals surface area (Å²) in [6, 6.07) is -0.480. The summed E-state index contributed by atoms with van der Waals surface area (Å²) >= 11 is 1.54. The van der Waals surface area contributed by atoms with Gasteiger partial charge in [-0.25, -0.2) is 4.98 Å². The Bertz CT molecular complexity index is 300. The first-order chi connectivity index (χ1) is 7.15. The van der Waals surface area contributed by atoms with Gasteiger partial charge in [0.2, 0.25) is 0 Å². The molecule has 0 aliphatic carbocycles. The van der Waals surface area contributed by atoms with Crippen LogP contribution in [0.25, 0.3) is 0 Å². The van der Waals surface area contributed by atoms with E-state index < -0.39 is 12.0 Å². The van der Waals surface area contributed by atoms with Gasteiger partial charge in [0.25, 0.3) is 0 Å². The van der Waals surface area contributed by atoms with Gasteiger partial charge in [-0.05, 0) is 13.3 Å². The highest BCUT2D eigenvalue weighted by molar-refractivity contribution is 7.09. The first kappa shape index (κ1) is 12.1. The van der Waals surface area contributed by atoms with E-state index in [0.717, 1.165) is 11.4 Å². The minimum absolute atomic E-state index is 0.00218. The molecule has 15 heavy (non-hydrogen) atoms. The van der Waals surface area contributed by atoms with E-state index in [0.29, 0.717) is 6.42 Å². The van der Waals surface area contributed by atoms with Gasteiger partial charge in [-0.15, -0.1) is 11.3 Å². The lowest BCUT2D eigenvalue weighted by atomic mass is 10.1. The van der Waals surface area contributed by atoms with Crippen molar-refractivity contribution >= 4 is 17.3 Å². The predicted molar refractivity (Wildman–Crippen MR) is 60.0 cm³/mol. The molecule has 1 aromatic heterocycles. The van der Waals surface area contributed by atoms with E-state index in [2.05, 4.69) is 10.3 Å². The van der Waals surface area contributed by atoms with Crippen LogP contribution in [0.3, 0.4) is 0 Å². The second kappa shape index (κ2) is 5.82. The Morgan fingerprint density at radius 3 is 2.93 bits per heavy atom. The quantitative estimate of drug-likeness (QED) is 0.782. The molecular weight excluding hydrogens is 212 g/mol. The van der Waals surface area contributed by atoms with Crippen LogP contribution in [0, 0.1) is 0 Å². The number of hydrogen-bond acceptors (Lipinski definition) is 4. The predicted octanol–water partition coefficient (Wildman–Crippen LogP) is 2.05. The average molecular weight is 228 g/mol. The number of aromatic nitrogens is 1. The van der Waals surface area contributed by atoms with Crippen molar-refractivity contribution in [2.45, 2.75) is 38.8 Å². The summed E-state index contributed by atoms with van der Waals surface area (Å²) in [5.74, 6) is -0.791. The highest BCUT2D eigenvalue weighted by atomic mass is 32.1. The first-order valence-corrected chi connectivity index (χ1v) is 5.91. The molecule has 0 saturated carbocycles. The summed E-state index contributed by atoms with van der Waals surface area (Å²) in [5, 5.41) is 14.9. The molecule has 4 nitrogen and oxygen atoms in total. The van der Waals surface area contributed by atoms with Gasteiger partial charge in [0.05, 0.1) is 6.04 Å². The van der Waals surface area contributed by atoms with Crippen LogP contribution in [-0.4, -0.2) is 22.1 Å². The van der Waals surface area contributed by atoms with Crippen LogP contribution in [-0.2, 0) is 4.79 Å². The van der Waals surface area contributed by atoms with Gasteiger partial charge in [0.15, 0.2) is 0 Å². The van der Waals surface area contributed by atoms with Crippen molar-refractivity contribution in [3.8, 4) is 0 Å². The van der Waals surface area contributed by atoms with E-state index in [1.165, 1.54) is 11.3 Å². The Morgan fingerprint density at radius 1 is 1.73 bits per heavy atom. The minimum atomic E-state index is -0.791. The number of carboxylic acids is 1. The molecule has 0 saturated heterocycles. The molecule has 2 atom stereocenters. The van der Waals surface area contributed by atoms with E-state index in [1.807, 2.05) is 19.2 Å². The Hall–Kier alpha value is -0.940. The molecule has 1 heterocycles. The van der Waals surface area contributed by atoms with E-state index in [9.17, 15) is 4.79 Å². The normalized spacial score (nSPS) is 14.8. The maximum atomic E-state index is 10.9. The van der Waals surface area contributed by atoms with Crippen LogP contribution in [0.1, 0.15) is 37.7 Å². The fourth-order valence-corrected chi connectivity index (χ4v) is 2.04. The third-order valence-electron chi connectivity index (χ3n) is 2.15. The number of hydrogen-bond donors (Lipinski definition) is 2. The van der Waals surface area contributed by atoms with Crippen LogP contribution in [0.15, 0.2) is 11.6 Å². The van der Waals surface area contributed by atoms with Gasteiger partial charge in [-0.3, -0.25) is 10.1 Å². The molecule has 0 aliphatic rings. The molecule has 0 spiro atoms. The number of carbonyl (C=O) groups is 1. The lowest BCUT2D eigenvalue weighted by Gasteiger charge is -2.17. The average Bonchev–Trinajstić information content (AvgIpc) is 2.69. The third kappa shape index (κ3) is 3.60. The summed E-state index contributed by atoms with van der Waals surface area (Å²) in [7, 11) is 0. The van der Waals surface area contributed by atoms with Crippen molar-refractivity contribution in [3.63, 3.8) is 0 Å². The summed E-state index contributed by atoms with van der Waals surface area (Å²) in [5.41, 5.74) is 0. The second-order valence-electron chi connectivity index (χ2n) is 3.44. The monoisotopic (exact) mass is 228 g/mol. The fraction of sp³-hybridized carbons (Fsp3) is 0.600. The van der Waals surface area contributed by atoms with Crippen LogP contribution >= 0.6 is 11.3 Å². The molecule has 0 aromatic carbocycles. The maximum absolute atomic E-state index is 10.9. The topological polar surface area (TPSA) is 62.2 Å². The first-order valence-electron chi connectivity index (χ1n) is 5.03. The molecular formula is C10H16N2O2S. The van der Waals surface area contributed by atoms with Gasteiger partial charge in [-0.1, -0.05) is 13.3 Å². The van der Waals surface area contributed by atoms with Crippen LogP contribution < -0.4 is 5.32 Å². The summed E-state index contributed by atoms with van der Waals surface area (Å²) in [6.07, 6.45) is 3.23. The standard InChI is InChI=1S/C10H16N2O2S/c1-3-4-8(10(13)14)12-7(2)9-11-5-6-15-9/h5-8,12H,3-4H2,1-2H3,(H,13,14). The van der Waals surface area contributed by atoms with E-state index >= 15 is 0 Å². The third-order valence-corrected chi connectivity index (χ3v) is 3.11. The number of carboxylic acid groups (broad SMARTS) is 1. The Morgan fingerprint density at radius 2 is 2.47 bits per heavy atom. The van der Waals surface area contributed by atoms with Gasteiger partial charge >= 0.3 is 5.97 Å². The number of aliphatic carboxylic acids is 1. The number of thiazole rings is 1. The molecule has 0 amide bonds. The zero-order chi connectivity index (χ0) is 11.3. The van der Waals surface area contributed by atoms with Crippen molar-refractivity contribution in [1.82, 2.24) is 10.3 Å². The van der Waals surface area contributed by atoms with Crippen LogP contribution in [0.2, 0.25) is 0 Å². The van der Waals surface area contributed by atoms with Crippen molar-refractivity contribution in [1.29, 1.82) is 0 Å². The Kier molecular flexibility index (Phi) is 4.71. The Balaban J connectivity index is 2.54. The molecule has 0 fully saturated rings. The minimum Gasteiger partial charge on any atom is -0.480 e. The van der Waals surface area contributed by atoms with E-state index in [4.69, 9.17) is 5.11 Å². The highest BCUT2D eigenvalue weighted by Gasteiger charge is 2.19. The number of rotatable bonds is 6. The van der Waals surface area contributed by atoms with Crippen molar-refractivity contribution < 1.29 is 9.90 Å². The van der Waals surface area contributed by atoms with Crippen molar-refractivity contribution in [3.05, 3.63) is 16.6 Å². The van der Waals surface area contributed by atoms with Crippen molar-refractivity contribution in [2.24, 2.45) is 0 Å². The number of nitrogens with one attached hydrogen (secondary N) is 1. The summed E-state index contributed by atoms with van der Waals surface area (Å²) < 4.78 is 0. The van der Waals surface area contributed by atoms with Gasteiger partial charge in [0, 0.05) is 11.6 Å². The Labute approximate surface area is 93.4 Å². The molecule has 2 unspecified atom stereocenters. The smallest absolute Gasteiger partial charge is 0.320 e. The van der Waals surface area contributed by atoms with Gasteiger partial charge < -0.3 is 5.11 Å². The van der Waals surface area contributed by atoms with Crippen LogP contribution in [0.4, 0.5) is 0 Å². The molecule has 1 aromatic rings. The second-order valence-corrected chi connectivity index (χ2v) is 4.36. The molecule has 0 radical (unpaired) electrons. The zero-order valence-corrected chi connectivity index (χ0v) is 9.75. The molecule has 1 rings (SSSR count). The summed E-state index contributed by atoms with van der Waals surface area (Å²) in [6.45, 7) is 3.91. The number of nitrogens with zero attached hydrogens (tertiary/aromatic N) is 1. The van der Waals surface area contributed by atoms with Crippen LogP contribution in [0.5, 0.6) is 0 Å². The maximum Gasteiger partial charge on any atom is 0.320 e. The van der Waals surface area contributed by atoms with Crippen molar-refractivity contribution in [2.75, 3.05) is 0 Å². The molecule has 0 aliphatic heterocycles. The molecule has 2 N–H and O–H groups in total. The summed E-state index contributed by atoms with van der Waals surface area (Å²) in [4.78, 5) is 15.1. The molecule has 84 valence electrons. The lowest BCUT2D eigenvalue weighted by Crippen LogP contribution is -2.38. The largest absolute Gasteiger partial charge is 0.480 e. The van der Waals surface area contributed by atoms with Gasteiger partial charge in [-0.2, -0.15) is 0 Å². The van der Waals surface area contributed by atoms with E-state index in [1.54, 1.807) is 6.20 Å². The molecule has 0 bridgehead atoms. The lowest BCUT2D eigenvalue weighted by molar-refractivity contribution is -0.139. The van der Waals surface area contributed by atoms with E-state index in [-0.39, 0.29) is 6.04 Å². The highest BCUT2D eigenvalue weighted by Crippen LogP contribution is 2.16. The SMILES string of the molecule is CCCC(NC(C)c1nccs1)C(=O)O. The molecule has 5 heteroatoms. The fourth-order valence-electron chi connectivity index (χ4n) is 1.39.